The molecule has 0 saturated carbocycles. The van der Waals surface area contributed by atoms with Gasteiger partial charge in [-0.2, -0.15) is 0 Å². The molecule has 1 atom stereocenters. The summed E-state index contributed by atoms with van der Waals surface area (Å²) in [6, 6.07) is 0.260. The van der Waals surface area contributed by atoms with Gasteiger partial charge in [0, 0.05) is 32.3 Å². The van der Waals surface area contributed by atoms with Gasteiger partial charge >= 0.3 is 0 Å². The monoisotopic (exact) mass is 213 g/mol. The fraction of sp³-hybridized carbons (Fsp3) is 0.900. The summed E-state index contributed by atoms with van der Waals surface area (Å²) in [6.45, 7) is 3.64. The van der Waals surface area contributed by atoms with Crippen LogP contribution in [0.1, 0.15) is 12.8 Å². The minimum Gasteiger partial charge on any atom is -0.376 e. The van der Waals surface area contributed by atoms with Crippen molar-refractivity contribution >= 4 is 5.91 Å². The van der Waals surface area contributed by atoms with Crippen LogP contribution in [-0.4, -0.2) is 55.7 Å². The number of hydrogen-bond donors (Lipinski definition) is 2. The summed E-state index contributed by atoms with van der Waals surface area (Å²) in [5, 5.41) is 2.89. The Morgan fingerprint density at radius 1 is 1.53 bits per heavy atom. The topological polar surface area (TPSA) is 67.6 Å². The molecule has 1 unspecified atom stereocenters. The molecule has 0 aliphatic carbocycles. The third kappa shape index (κ3) is 3.15. The van der Waals surface area contributed by atoms with Gasteiger partial charge in [-0.05, 0) is 12.8 Å². The van der Waals surface area contributed by atoms with E-state index in [1.54, 1.807) is 0 Å². The van der Waals surface area contributed by atoms with Crippen molar-refractivity contribution < 1.29 is 9.53 Å². The Morgan fingerprint density at radius 3 is 2.93 bits per heavy atom. The van der Waals surface area contributed by atoms with Gasteiger partial charge in [-0.3, -0.25) is 9.69 Å². The van der Waals surface area contributed by atoms with E-state index in [4.69, 9.17) is 10.5 Å². The number of hydrogen-bond acceptors (Lipinski definition) is 4. The van der Waals surface area contributed by atoms with E-state index in [0.717, 1.165) is 32.5 Å². The summed E-state index contributed by atoms with van der Waals surface area (Å²) >= 11 is 0. The van der Waals surface area contributed by atoms with Crippen molar-refractivity contribution in [1.29, 1.82) is 0 Å². The SMILES string of the molecule is NC1CN(CC(=O)NCC2CCCO2)C1. The van der Waals surface area contributed by atoms with Gasteiger partial charge in [0.05, 0.1) is 12.6 Å². The summed E-state index contributed by atoms with van der Waals surface area (Å²) in [7, 11) is 0. The summed E-state index contributed by atoms with van der Waals surface area (Å²) in [4.78, 5) is 13.5. The molecule has 0 bridgehead atoms. The number of nitrogens with one attached hydrogen (secondary N) is 1. The molecule has 0 aromatic heterocycles. The smallest absolute Gasteiger partial charge is 0.234 e. The minimum atomic E-state index is 0.0809. The molecular formula is C10H19N3O2. The van der Waals surface area contributed by atoms with Gasteiger partial charge in [0.2, 0.25) is 5.91 Å². The van der Waals surface area contributed by atoms with Crippen LogP contribution in [0.4, 0.5) is 0 Å². The van der Waals surface area contributed by atoms with Crippen LogP contribution >= 0.6 is 0 Å². The largest absolute Gasteiger partial charge is 0.376 e. The Balaban J connectivity index is 1.56. The number of carbonyl (C=O) groups is 1. The van der Waals surface area contributed by atoms with E-state index in [1.807, 2.05) is 0 Å². The second-order valence-electron chi connectivity index (χ2n) is 4.39. The highest BCUT2D eigenvalue weighted by Gasteiger charge is 2.25. The molecule has 3 N–H and O–H groups in total. The Bertz CT molecular complexity index is 223. The maximum Gasteiger partial charge on any atom is 0.234 e. The molecule has 1 amide bonds. The first kappa shape index (κ1) is 10.9. The Hall–Kier alpha value is -0.650. The lowest BCUT2D eigenvalue weighted by Crippen LogP contribution is -2.58. The van der Waals surface area contributed by atoms with Gasteiger partial charge < -0.3 is 15.8 Å². The number of nitrogens with two attached hydrogens (primary N) is 1. The minimum absolute atomic E-state index is 0.0809. The van der Waals surface area contributed by atoms with Crippen molar-refractivity contribution in [3.63, 3.8) is 0 Å². The lowest BCUT2D eigenvalue weighted by molar-refractivity contribution is -0.123. The molecule has 2 aliphatic heterocycles. The normalized spacial score (nSPS) is 27.7. The third-order valence-electron chi connectivity index (χ3n) is 2.90. The van der Waals surface area contributed by atoms with Crippen LogP contribution in [0.25, 0.3) is 0 Å². The molecule has 0 radical (unpaired) electrons. The van der Waals surface area contributed by atoms with E-state index in [9.17, 15) is 4.79 Å². The molecular weight excluding hydrogens is 194 g/mol. The molecule has 2 aliphatic rings. The van der Waals surface area contributed by atoms with E-state index in [2.05, 4.69) is 10.2 Å². The average molecular weight is 213 g/mol. The van der Waals surface area contributed by atoms with Gasteiger partial charge in [-0.25, -0.2) is 0 Å². The van der Waals surface area contributed by atoms with Crippen molar-refractivity contribution in [3.05, 3.63) is 0 Å². The molecule has 2 heterocycles. The molecule has 2 saturated heterocycles. The number of amides is 1. The first-order valence-corrected chi connectivity index (χ1v) is 5.60. The maximum absolute atomic E-state index is 11.5. The van der Waals surface area contributed by atoms with Gasteiger partial charge in [0.15, 0.2) is 0 Å². The van der Waals surface area contributed by atoms with E-state index in [-0.39, 0.29) is 18.1 Å². The number of rotatable bonds is 4. The molecule has 0 aromatic carbocycles. The van der Waals surface area contributed by atoms with E-state index >= 15 is 0 Å². The summed E-state index contributed by atoms with van der Waals surface area (Å²) < 4.78 is 5.42. The Labute approximate surface area is 89.9 Å². The lowest BCUT2D eigenvalue weighted by Gasteiger charge is -2.36. The molecule has 0 aromatic rings. The highest BCUT2D eigenvalue weighted by molar-refractivity contribution is 5.78. The van der Waals surface area contributed by atoms with Crippen molar-refractivity contribution in [2.45, 2.75) is 25.0 Å². The van der Waals surface area contributed by atoms with Crippen LogP contribution in [0.5, 0.6) is 0 Å². The second kappa shape index (κ2) is 4.92. The van der Waals surface area contributed by atoms with Gasteiger partial charge in [-0.1, -0.05) is 0 Å². The third-order valence-corrected chi connectivity index (χ3v) is 2.90. The molecule has 0 spiro atoms. The number of likely N-dealkylation sites (tertiary alicyclic amines) is 1. The van der Waals surface area contributed by atoms with Gasteiger partial charge in [0.25, 0.3) is 0 Å². The van der Waals surface area contributed by atoms with Crippen molar-refractivity contribution in [3.8, 4) is 0 Å². The summed E-state index contributed by atoms with van der Waals surface area (Å²) in [6.07, 6.45) is 2.41. The second-order valence-corrected chi connectivity index (χ2v) is 4.39. The zero-order valence-corrected chi connectivity index (χ0v) is 8.95. The number of nitrogens with zero attached hydrogens (tertiary/aromatic N) is 1. The average Bonchev–Trinajstić information content (AvgIpc) is 2.65. The highest BCUT2D eigenvalue weighted by Crippen LogP contribution is 2.10. The van der Waals surface area contributed by atoms with Crippen LogP contribution in [0, 0.1) is 0 Å². The number of carbonyl (C=O) groups excluding carboxylic acids is 1. The first-order valence-electron chi connectivity index (χ1n) is 5.60. The van der Waals surface area contributed by atoms with Crippen LogP contribution in [-0.2, 0) is 9.53 Å². The quantitative estimate of drug-likeness (QED) is 0.623. The molecule has 2 rings (SSSR count). The van der Waals surface area contributed by atoms with Gasteiger partial charge in [0.1, 0.15) is 0 Å². The van der Waals surface area contributed by atoms with Crippen molar-refractivity contribution in [2.75, 3.05) is 32.8 Å². The summed E-state index contributed by atoms with van der Waals surface area (Å²) in [5.74, 6) is 0.0809. The fourth-order valence-electron chi connectivity index (χ4n) is 2.03. The van der Waals surface area contributed by atoms with E-state index < -0.39 is 0 Å². The fourth-order valence-corrected chi connectivity index (χ4v) is 2.03. The standard InChI is InChI=1S/C10H19N3O2/c11-8-5-13(6-8)7-10(14)12-4-9-2-1-3-15-9/h8-9H,1-7,11H2,(H,12,14). The molecule has 5 heteroatoms. The maximum atomic E-state index is 11.5. The highest BCUT2D eigenvalue weighted by atomic mass is 16.5. The first-order chi connectivity index (χ1) is 7.24. The lowest BCUT2D eigenvalue weighted by atomic mass is 10.1. The molecule has 86 valence electrons. The predicted octanol–water partition coefficient (Wildman–Crippen LogP) is -1.08. The van der Waals surface area contributed by atoms with Crippen LogP contribution in [0.15, 0.2) is 0 Å². The van der Waals surface area contributed by atoms with Crippen molar-refractivity contribution in [2.24, 2.45) is 5.73 Å². The summed E-state index contributed by atoms with van der Waals surface area (Å²) in [5.41, 5.74) is 5.62. The Kier molecular flexibility index (Phi) is 3.56. The zero-order valence-electron chi connectivity index (χ0n) is 8.95. The molecule has 15 heavy (non-hydrogen) atoms. The van der Waals surface area contributed by atoms with Gasteiger partial charge in [-0.15, -0.1) is 0 Å². The van der Waals surface area contributed by atoms with E-state index in [0.29, 0.717) is 13.1 Å². The van der Waals surface area contributed by atoms with Crippen LogP contribution in [0.3, 0.4) is 0 Å². The van der Waals surface area contributed by atoms with Crippen LogP contribution in [0.2, 0.25) is 0 Å². The molecule has 5 nitrogen and oxygen atoms in total. The van der Waals surface area contributed by atoms with Crippen LogP contribution < -0.4 is 11.1 Å². The molecule has 2 fully saturated rings. The Morgan fingerprint density at radius 2 is 2.33 bits per heavy atom. The zero-order chi connectivity index (χ0) is 10.7. The predicted molar refractivity (Wildman–Crippen MR) is 56.4 cm³/mol. The van der Waals surface area contributed by atoms with E-state index in [1.165, 1.54) is 0 Å². The number of ether oxygens (including phenoxy) is 1. The van der Waals surface area contributed by atoms with Crippen molar-refractivity contribution in [1.82, 2.24) is 10.2 Å².